The molecule has 0 aliphatic carbocycles. The first-order valence-electron chi connectivity index (χ1n) is 3.77. The van der Waals surface area contributed by atoms with Gasteiger partial charge in [0, 0.05) is 10.7 Å². The van der Waals surface area contributed by atoms with Gasteiger partial charge in [0.05, 0.1) is 14.3 Å². The Kier molecular flexibility index (Phi) is 20.0. The second-order valence-electron chi connectivity index (χ2n) is 1.89. The van der Waals surface area contributed by atoms with E-state index in [-0.39, 0.29) is 0 Å². The van der Waals surface area contributed by atoms with E-state index in [9.17, 15) is 0 Å². The second kappa shape index (κ2) is 15.7. The lowest BCUT2D eigenvalue weighted by molar-refractivity contribution is 1.62. The molecule has 6 heteroatoms. The molecule has 1 aromatic rings. The van der Waals surface area contributed by atoms with Gasteiger partial charge >= 0.3 is 0 Å². The molecule has 0 spiro atoms. The molecule has 0 radical (unpaired) electrons. The van der Waals surface area contributed by atoms with Crippen molar-refractivity contribution in [3.8, 4) is 0 Å². The van der Waals surface area contributed by atoms with Crippen LogP contribution < -0.4 is 0 Å². The lowest BCUT2D eigenvalue weighted by Gasteiger charge is -1.88. The van der Waals surface area contributed by atoms with E-state index in [1.165, 1.54) is 0 Å². The molecule has 0 N–H and O–H groups in total. The average molecular weight is 509 g/mol. The third-order valence-electron chi connectivity index (χ3n) is 0.896. The highest BCUT2D eigenvalue weighted by Gasteiger charge is 1.89. The number of alkyl halides is 4. The summed E-state index contributed by atoms with van der Waals surface area (Å²) in [6, 6.07) is 7.19. The molecule has 0 nitrogen and oxygen atoms in total. The fraction of sp³-hybridized carbons (Fsp3) is 0.333. The van der Waals surface area contributed by atoms with Crippen molar-refractivity contribution in [1.82, 2.24) is 0 Å². The van der Waals surface area contributed by atoms with Gasteiger partial charge in [-0.3, -0.25) is 0 Å². The molecule has 0 bridgehead atoms. The molecule has 1 aromatic carbocycles. The smallest absolute Gasteiger partial charge is 0.0592 e. The maximum Gasteiger partial charge on any atom is 0.0592 e. The number of hydrogen-bond donors (Lipinski definition) is 0. The highest BCUT2D eigenvalue weighted by atomic mass is 79.9. The minimum atomic E-state index is 0.606. The highest BCUT2D eigenvalue weighted by Crippen LogP contribution is 2.19. The topological polar surface area (TPSA) is 0 Å². The maximum atomic E-state index is 5.58. The van der Waals surface area contributed by atoms with E-state index in [0.717, 1.165) is 14.9 Å². The zero-order valence-corrected chi connectivity index (χ0v) is 15.6. The lowest BCUT2D eigenvalue weighted by Crippen LogP contribution is -1.62. The summed E-state index contributed by atoms with van der Waals surface area (Å²) in [5, 5.41) is 3.31. The summed E-state index contributed by atoms with van der Waals surface area (Å²) < 4.78 is 0.875. The van der Waals surface area contributed by atoms with Crippen molar-refractivity contribution in [2.45, 2.75) is 0 Å². The normalized spacial score (nSPS) is 8.13. The Morgan fingerprint density at radius 2 is 1.07 bits per heavy atom. The zero-order valence-electron chi connectivity index (χ0n) is 7.70. The van der Waals surface area contributed by atoms with Crippen molar-refractivity contribution in [2.75, 3.05) is 14.9 Å². The zero-order chi connectivity index (χ0) is 12.1. The Bertz CT molecular complexity index is 210. The number of hydrogen-bond acceptors (Lipinski definition) is 0. The molecular formula is C9H10Br4Cl2. The van der Waals surface area contributed by atoms with Crippen molar-refractivity contribution < 1.29 is 0 Å². The van der Waals surface area contributed by atoms with E-state index in [4.69, 9.17) is 23.2 Å². The van der Waals surface area contributed by atoms with Gasteiger partial charge in [-0.2, -0.15) is 0 Å². The highest BCUT2D eigenvalue weighted by molar-refractivity contribution is 9.24. The van der Waals surface area contributed by atoms with Gasteiger partial charge in [0.15, 0.2) is 0 Å². The summed E-state index contributed by atoms with van der Waals surface area (Å²) in [5.74, 6) is 0. The average Bonchev–Trinajstić information content (AvgIpc) is 2.24. The SMILES string of the molecule is BrCBr.BrCCBr.Clc1ccccc1Cl. The third-order valence-corrected chi connectivity index (χ3v) is 3.51. The molecule has 0 fully saturated rings. The summed E-state index contributed by atoms with van der Waals surface area (Å²) in [7, 11) is 0. The van der Waals surface area contributed by atoms with Crippen LogP contribution in [0.5, 0.6) is 0 Å². The van der Waals surface area contributed by atoms with Crippen LogP contribution in [-0.4, -0.2) is 14.9 Å². The van der Waals surface area contributed by atoms with E-state index in [2.05, 4.69) is 63.7 Å². The molecule has 0 heterocycles. The first-order valence-corrected chi connectivity index (χ1v) is 9.02. The number of benzene rings is 1. The molecular weight excluding hydrogens is 499 g/mol. The number of rotatable bonds is 1. The summed E-state index contributed by atoms with van der Waals surface area (Å²) in [6.07, 6.45) is 0. The summed E-state index contributed by atoms with van der Waals surface area (Å²) in [6.45, 7) is 0. The fourth-order valence-electron chi connectivity index (χ4n) is 0.439. The molecule has 0 saturated heterocycles. The first-order chi connectivity index (χ1) is 7.13. The quantitative estimate of drug-likeness (QED) is 0.380. The van der Waals surface area contributed by atoms with Crippen molar-refractivity contribution in [2.24, 2.45) is 0 Å². The van der Waals surface area contributed by atoms with Crippen LogP contribution in [0.4, 0.5) is 0 Å². The molecule has 15 heavy (non-hydrogen) atoms. The Hall–Kier alpha value is 1.72. The van der Waals surface area contributed by atoms with E-state index >= 15 is 0 Å². The molecule has 0 aliphatic rings. The minimum absolute atomic E-state index is 0.606. The van der Waals surface area contributed by atoms with Crippen LogP contribution in [-0.2, 0) is 0 Å². The Balaban J connectivity index is 0. The van der Waals surface area contributed by atoms with Gasteiger partial charge in [0.1, 0.15) is 0 Å². The van der Waals surface area contributed by atoms with Crippen molar-refractivity contribution in [1.29, 1.82) is 0 Å². The van der Waals surface area contributed by atoms with Crippen LogP contribution in [0.15, 0.2) is 24.3 Å². The molecule has 1 rings (SSSR count). The van der Waals surface area contributed by atoms with Gasteiger partial charge in [0.2, 0.25) is 0 Å². The van der Waals surface area contributed by atoms with Crippen LogP contribution in [0.1, 0.15) is 0 Å². The molecule has 0 unspecified atom stereocenters. The number of halogens is 6. The van der Waals surface area contributed by atoms with Gasteiger partial charge in [-0.25, -0.2) is 0 Å². The van der Waals surface area contributed by atoms with E-state index in [1.807, 2.05) is 12.1 Å². The van der Waals surface area contributed by atoms with Gasteiger partial charge in [-0.1, -0.05) is 99.1 Å². The van der Waals surface area contributed by atoms with Crippen molar-refractivity contribution in [3.05, 3.63) is 34.3 Å². The van der Waals surface area contributed by atoms with E-state index < -0.39 is 0 Å². The van der Waals surface area contributed by atoms with Crippen LogP contribution in [0.2, 0.25) is 10.0 Å². The molecule has 0 atom stereocenters. The third kappa shape index (κ3) is 15.7. The fourth-order valence-corrected chi connectivity index (χ4v) is 0.711. The van der Waals surface area contributed by atoms with Gasteiger partial charge in [-0.15, -0.1) is 0 Å². The lowest BCUT2D eigenvalue weighted by atomic mass is 10.4. The van der Waals surface area contributed by atoms with Crippen molar-refractivity contribution in [3.63, 3.8) is 0 Å². The van der Waals surface area contributed by atoms with E-state index in [1.54, 1.807) is 12.1 Å². The summed E-state index contributed by atoms with van der Waals surface area (Å²) >= 11 is 23.7. The maximum absolute atomic E-state index is 5.58. The van der Waals surface area contributed by atoms with Gasteiger partial charge in [0.25, 0.3) is 0 Å². The summed E-state index contributed by atoms with van der Waals surface area (Å²) in [4.78, 5) is 0. The van der Waals surface area contributed by atoms with Gasteiger partial charge < -0.3 is 0 Å². The van der Waals surface area contributed by atoms with Crippen LogP contribution in [0.3, 0.4) is 0 Å². The van der Waals surface area contributed by atoms with Crippen LogP contribution in [0, 0.1) is 0 Å². The Morgan fingerprint density at radius 1 is 0.800 bits per heavy atom. The molecule has 0 aromatic heterocycles. The predicted molar refractivity (Wildman–Crippen MR) is 86.8 cm³/mol. The first kappa shape index (κ1) is 19.1. The summed E-state index contributed by atoms with van der Waals surface area (Å²) in [5.41, 5.74) is 0. The molecule has 88 valence electrons. The standard InChI is InChI=1S/C6H4Cl2.C2H4Br2.CH2Br2/c7-5-3-1-2-4-6(5)8;3-1-2-4;2-1-3/h1-4H;1-2H2;1H2. The van der Waals surface area contributed by atoms with Crippen LogP contribution >= 0.6 is 86.9 Å². The van der Waals surface area contributed by atoms with E-state index in [0.29, 0.717) is 10.0 Å². The Morgan fingerprint density at radius 3 is 1.20 bits per heavy atom. The Labute approximate surface area is 135 Å². The second-order valence-corrected chi connectivity index (χ2v) is 6.92. The van der Waals surface area contributed by atoms with Crippen molar-refractivity contribution >= 4 is 86.9 Å². The largest absolute Gasteiger partial charge is 0.0919 e. The van der Waals surface area contributed by atoms with Crippen LogP contribution in [0.25, 0.3) is 0 Å². The predicted octanol–water partition coefficient (Wildman–Crippen LogP) is 6.50. The van der Waals surface area contributed by atoms with Gasteiger partial charge in [-0.05, 0) is 12.1 Å². The molecule has 0 saturated carbocycles. The minimum Gasteiger partial charge on any atom is -0.0919 e. The molecule has 0 aliphatic heterocycles. The molecule has 0 amide bonds. The monoisotopic (exact) mass is 504 g/mol.